The summed E-state index contributed by atoms with van der Waals surface area (Å²) in [7, 11) is 1.62. The first kappa shape index (κ1) is 17.4. The van der Waals surface area contributed by atoms with Gasteiger partial charge in [0.15, 0.2) is 0 Å². The highest BCUT2D eigenvalue weighted by Gasteiger charge is 2.07. The lowest BCUT2D eigenvalue weighted by Gasteiger charge is -2.08. The lowest BCUT2D eigenvalue weighted by molar-refractivity contribution is 0.00570. The Morgan fingerprint density at radius 3 is 2.29 bits per heavy atom. The molecule has 0 aromatic heterocycles. The van der Waals surface area contributed by atoms with Gasteiger partial charge in [0.25, 0.3) is 0 Å². The van der Waals surface area contributed by atoms with E-state index in [-0.39, 0.29) is 12.6 Å². The van der Waals surface area contributed by atoms with Crippen LogP contribution >= 0.6 is 0 Å². The van der Waals surface area contributed by atoms with E-state index in [9.17, 15) is 4.79 Å². The number of nitrogen functional groups attached to an aromatic ring is 1. The molecular formula is C15H23NO5. The molecule has 0 heterocycles. The van der Waals surface area contributed by atoms with Crippen molar-refractivity contribution in [1.29, 1.82) is 0 Å². The molecule has 0 aliphatic rings. The van der Waals surface area contributed by atoms with Crippen molar-refractivity contribution < 1.29 is 23.7 Å². The predicted octanol–water partition coefficient (Wildman–Crippen LogP) is 1.41. The van der Waals surface area contributed by atoms with E-state index in [4.69, 9.17) is 24.7 Å². The van der Waals surface area contributed by atoms with Crippen molar-refractivity contribution in [2.45, 2.75) is 6.92 Å². The van der Waals surface area contributed by atoms with Crippen LogP contribution in [0.5, 0.6) is 0 Å². The van der Waals surface area contributed by atoms with Gasteiger partial charge in [0, 0.05) is 12.8 Å². The van der Waals surface area contributed by atoms with E-state index in [1.165, 1.54) is 0 Å². The molecule has 0 radical (unpaired) electrons. The van der Waals surface area contributed by atoms with Crippen molar-refractivity contribution >= 4 is 11.7 Å². The van der Waals surface area contributed by atoms with Crippen LogP contribution in [0.4, 0.5) is 5.69 Å². The molecule has 21 heavy (non-hydrogen) atoms. The summed E-state index contributed by atoms with van der Waals surface area (Å²) in [6, 6.07) is 5.05. The summed E-state index contributed by atoms with van der Waals surface area (Å²) in [4.78, 5) is 11.8. The zero-order valence-corrected chi connectivity index (χ0v) is 12.6. The van der Waals surface area contributed by atoms with Crippen LogP contribution < -0.4 is 5.73 Å². The summed E-state index contributed by atoms with van der Waals surface area (Å²) in [6.45, 7) is 4.47. The Hall–Kier alpha value is -1.63. The molecular weight excluding hydrogens is 274 g/mol. The highest BCUT2D eigenvalue weighted by Crippen LogP contribution is 2.13. The molecule has 0 aliphatic carbocycles. The highest BCUT2D eigenvalue weighted by atomic mass is 16.6. The minimum atomic E-state index is -0.377. The smallest absolute Gasteiger partial charge is 0.338 e. The van der Waals surface area contributed by atoms with Gasteiger partial charge < -0.3 is 24.7 Å². The van der Waals surface area contributed by atoms with Crippen molar-refractivity contribution in [3.8, 4) is 0 Å². The normalized spacial score (nSPS) is 10.6. The molecule has 6 nitrogen and oxygen atoms in total. The molecule has 0 bridgehead atoms. The first-order chi connectivity index (χ1) is 10.1. The van der Waals surface area contributed by atoms with Gasteiger partial charge in [0.2, 0.25) is 0 Å². The van der Waals surface area contributed by atoms with Gasteiger partial charge in [-0.2, -0.15) is 0 Å². The number of aryl methyl sites for hydroxylation is 1. The number of benzene rings is 1. The number of ether oxygens (including phenoxy) is 4. The van der Waals surface area contributed by atoms with E-state index >= 15 is 0 Å². The largest absolute Gasteiger partial charge is 0.460 e. The number of esters is 1. The number of hydrogen-bond acceptors (Lipinski definition) is 6. The van der Waals surface area contributed by atoms with Crippen LogP contribution in [0.15, 0.2) is 18.2 Å². The van der Waals surface area contributed by atoms with Gasteiger partial charge in [-0.25, -0.2) is 4.79 Å². The molecule has 0 spiro atoms. The summed E-state index contributed by atoms with van der Waals surface area (Å²) in [5.41, 5.74) is 7.70. The minimum Gasteiger partial charge on any atom is -0.460 e. The van der Waals surface area contributed by atoms with Crippen LogP contribution in [-0.4, -0.2) is 52.7 Å². The molecule has 0 unspecified atom stereocenters. The highest BCUT2D eigenvalue weighted by molar-refractivity contribution is 5.90. The van der Waals surface area contributed by atoms with Gasteiger partial charge in [-0.15, -0.1) is 0 Å². The third-order valence-corrected chi connectivity index (χ3v) is 2.77. The lowest BCUT2D eigenvalue weighted by Crippen LogP contribution is -2.14. The molecule has 0 fully saturated rings. The molecule has 0 saturated heterocycles. The molecule has 1 rings (SSSR count). The second kappa shape index (κ2) is 10.1. The van der Waals surface area contributed by atoms with Gasteiger partial charge in [0.05, 0.1) is 38.6 Å². The quantitative estimate of drug-likeness (QED) is 0.399. The van der Waals surface area contributed by atoms with Crippen LogP contribution in [0.3, 0.4) is 0 Å². The summed E-state index contributed by atoms with van der Waals surface area (Å²) in [5.74, 6) is -0.377. The van der Waals surface area contributed by atoms with E-state index in [2.05, 4.69) is 0 Å². The predicted molar refractivity (Wildman–Crippen MR) is 79.4 cm³/mol. The van der Waals surface area contributed by atoms with Gasteiger partial charge in [0.1, 0.15) is 6.61 Å². The molecule has 0 saturated carbocycles. The van der Waals surface area contributed by atoms with E-state index < -0.39 is 0 Å². The molecule has 118 valence electrons. The van der Waals surface area contributed by atoms with Crippen molar-refractivity contribution in [3.63, 3.8) is 0 Å². The summed E-state index contributed by atoms with van der Waals surface area (Å²) in [6.07, 6.45) is 0. The molecule has 6 heteroatoms. The van der Waals surface area contributed by atoms with Crippen LogP contribution in [0.2, 0.25) is 0 Å². The van der Waals surface area contributed by atoms with Crippen LogP contribution in [-0.2, 0) is 18.9 Å². The molecule has 1 aromatic rings. The number of hydrogen-bond donors (Lipinski definition) is 1. The van der Waals surface area contributed by atoms with E-state index in [1.54, 1.807) is 25.3 Å². The molecule has 0 atom stereocenters. The van der Waals surface area contributed by atoms with Crippen molar-refractivity contribution in [3.05, 3.63) is 29.3 Å². The Morgan fingerprint density at radius 2 is 1.67 bits per heavy atom. The van der Waals surface area contributed by atoms with Crippen LogP contribution in [0.25, 0.3) is 0 Å². The third kappa shape index (κ3) is 7.08. The molecule has 0 amide bonds. The average Bonchev–Trinajstić information content (AvgIpc) is 2.48. The first-order valence-electron chi connectivity index (χ1n) is 6.83. The monoisotopic (exact) mass is 297 g/mol. The molecule has 1 aromatic carbocycles. The number of carbonyl (C=O) groups excluding carboxylic acids is 1. The zero-order valence-electron chi connectivity index (χ0n) is 12.6. The SMILES string of the molecule is COCCOCCOCCOC(=O)c1ccc(N)c(C)c1. The number of nitrogens with two attached hydrogens (primary N) is 1. The third-order valence-electron chi connectivity index (χ3n) is 2.77. The maximum atomic E-state index is 11.8. The minimum absolute atomic E-state index is 0.209. The van der Waals surface area contributed by atoms with Gasteiger partial charge in [-0.1, -0.05) is 0 Å². The van der Waals surface area contributed by atoms with Crippen LogP contribution in [0.1, 0.15) is 15.9 Å². The Morgan fingerprint density at radius 1 is 1.05 bits per heavy atom. The second-order valence-electron chi connectivity index (χ2n) is 4.42. The maximum absolute atomic E-state index is 11.8. The van der Waals surface area contributed by atoms with E-state index in [0.717, 1.165) is 5.56 Å². The summed E-state index contributed by atoms with van der Waals surface area (Å²) in [5, 5.41) is 0. The number of carbonyl (C=O) groups is 1. The van der Waals surface area contributed by atoms with E-state index in [1.807, 2.05) is 6.92 Å². The second-order valence-corrected chi connectivity index (χ2v) is 4.42. The molecule has 2 N–H and O–H groups in total. The fourth-order valence-electron chi connectivity index (χ4n) is 1.54. The Kier molecular flexibility index (Phi) is 8.42. The number of methoxy groups -OCH3 is 1. The zero-order chi connectivity index (χ0) is 15.5. The van der Waals surface area contributed by atoms with Crippen molar-refractivity contribution in [1.82, 2.24) is 0 Å². The van der Waals surface area contributed by atoms with E-state index in [0.29, 0.717) is 44.3 Å². The van der Waals surface area contributed by atoms with Gasteiger partial charge in [-0.3, -0.25) is 0 Å². The standard InChI is InChI=1S/C15H23NO5/c1-12-11-13(3-4-14(12)16)15(17)21-10-9-20-8-7-19-6-5-18-2/h3-4,11H,5-10,16H2,1-2H3. The lowest BCUT2D eigenvalue weighted by atomic mass is 10.1. The van der Waals surface area contributed by atoms with Gasteiger partial charge in [-0.05, 0) is 30.7 Å². The first-order valence-corrected chi connectivity index (χ1v) is 6.83. The summed E-state index contributed by atoms with van der Waals surface area (Å²) < 4.78 is 20.4. The Bertz CT molecular complexity index is 436. The fourth-order valence-corrected chi connectivity index (χ4v) is 1.54. The number of anilines is 1. The molecule has 0 aliphatic heterocycles. The average molecular weight is 297 g/mol. The Balaban J connectivity index is 2.09. The Labute approximate surface area is 125 Å². The number of rotatable bonds is 10. The van der Waals surface area contributed by atoms with Crippen molar-refractivity contribution in [2.75, 3.05) is 52.5 Å². The topological polar surface area (TPSA) is 80.0 Å². The van der Waals surface area contributed by atoms with Crippen LogP contribution in [0, 0.1) is 6.92 Å². The fraction of sp³-hybridized carbons (Fsp3) is 0.533. The van der Waals surface area contributed by atoms with Crippen molar-refractivity contribution in [2.24, 2.45) is 0 Å². The summed E-state index contributed by atoms with van der Waals surface area (Å²) >= 11 is 0. The maximum Gasteiger partial charge on any atom is 0.338 e. The van der Waals surface area contributed by atoms with Gasteiger partial charge >= 0.3 is 5.97 Å².